The van der Waals surface area contributed by atoms with Gasteiger partial charge in [-0.1, -0.05) is 13.8 Å². The first-order chi connectivity index (χ1) is 7.88. The molecular formula is C11H22N2O4. The number of nitrogens with one attached hydrogen (secondary N) is 2. The molecule has 0 aromatic carbocycles. The second kappa shape index (κ2) is 7.89. The molecule has 0 saturated heterocycles. The number of carbonyl (C=O) groups is 2. The van der Waals surface area contributed by atoms with Crippen LogP contribution in [0.5, 0.6) is 0 Å². The normalized spacial score (nSPS) is 14.2. The minimum absolute atomic E-state index is 0.156. The van der Waals surface area contributed by atoms with Crippen molar-refractivity contribution in [3.05, 3.63) is 0 Å². The predicted octanol–water partition coefficient (Wildman–Crippen LogP) is 0.820. The van der Waals surface area contributed by atoms with Crippen molar-refractivity contribution >= 4 is 12.0 Å². The Kier molecular flexibility index (Phi) is 7.29. The zero-order chi connectivity index (χ0) is 13.4. The number of hydrogen-bond donors (Lipinski definition) is 3. The molecule has 2 amide bonds. The molecule has 3 N–H and O–H groups in total. The Morgan fingerprint density at radius 2 is 1.82 bits per heavy atom. The summed E-state index contributed by atoms with van der Waals surface area (Å²) in [5, 5.41) is 13.9. The van der Waals surface area contributed by atoms with Crippen molar-refractivity contribution in [1.29, 1.82) is 0 Å². The van der Waals surface area contributed by atoms with Gasteiger partial charge in [-0.05, 0) is 19.8 Å². The standard InChI is InChI=1S/C11H22N2O4/c1-5-17-6-8(4)12-11(16)13-9(7(2)3)10(14)15/h7-9H,5-6H2,1-4H3,(H,14,15)(H2,12,13,16)/t8?,9-/m0/s1. The van der Waals surface area contributed by atoms with Crippen molar-refractivity contribution in [3.63, 3.8) is 0 Å². The number of carboxylic acid groups (broad SMARTS) is 1. The van der Waals surface area contributed by atoms with E-state index >= 15 is 0 Å². The molecule has 0 aliphatic heterocycles. The summed E-state index contributed by atoms with van der Waals surface area (Å²) < 4.78 is 5.14. The summed E-state index contributed by atoms with van der Waals surface area (Å²) in [6.07, 6.45) is 0. The first kappa shape index (κ1) is 15.7. The summed E-state index contributed by atoms with van der Waals surface area (Å²) in [6, 6.07) is -1.52. The number of hydrogen-bond acceptors (Lipinski definition) is 3. The number of amides is 2. The fraction of sp³-hybridized carbons (Fsp3) is 0.818. The van der Waals surface area contributed by atoms with Crippen LogP contribution < -0.4 is 10.6 Å². The zero-order valence-corrected chi connectivity index (χ0v) is 10.8. The van der Waals surface area contributed by atoms with Gasteiger partial charge in [-0.2, -0.15) is 0 Å². The summed E-state index contributed by atoms with van der Waals surface area (Å²) in [6.45, 7) is 8.12. The van der Waals surface area contributed by atoms with E-state index in [1.807, 2.05) is 6.92 Å². The largest absolute Gasteiger partial charge is 0.480 e. The molecule has 0 aliphatic carbocycles. The molecule has 0 heterocycles. The molecule has 0 saturated carbocycles. The van der Waals surface area contributed by atoms with Gasteiger partial charge < -0.3 is 20.5 Å². The number of urea groups is 1. The van der Waals surface area contributed by atoms with Crippen LogP contribution in [0.1, 0.15) is 27.7 Å². The van der Waals surface area contributed by atoms with E-state index in [0.717, 1.165) is 0 Å². The Balaban J connectivity index is 4.10. The second-order valence-corrected chi connectivity index (χ2v) is 4.24. The van der Waals surface area contributed by atoms with E-state index in [1.54, 1.807) is 20.8 Å². The van der Waals surface area contributed by atoms with Crippen molar-refractivity contribution in [1.82, 2.24) is 10.6 Å². The molecule has 0 spiro atoms. The third kappa shape index (κ3) is 6.78. The maximum atomic E-state index is 11.5. The molecule has 0 fully saturated rings. The Morgan fingerprint density at radius 3 is 2.24 bits per heavy atom. The van der Waals surface area contributed by atoms with Gasteiger partial charge in [0, 0.05) is 6.61 Å². The van der Waals surface area contributed by atoms with Crippen LogP contribution in [0.3, 0.4) is 0 Å². The lowest BCUT2D eigenvalue weighted by atomic mass is 10.1. The summed E-state index contributed by atoms with van der Waals surface area (Å²) >= 11 is 0. The molecule has 0 bridgehead atoms. The summed E-state index contributed by atoms with van der Waals surface area (Å²) in [5.41, 5.74) is 0. The SMILES string of the molecule is CCOCC(C)NC(=O)N[C@H](C(=O)O)C(C)C. The maximum Gasteiger partial charge on any atom is 0.326 e. The molecule has 2 atom stereocenters. The van der Waals surface area contributed by atoms with E-state index < -0.39 is 18.0 Å². The molecule has 0 aliphatic rings. The highest BCUT2D eigenvalue weighted by Crippen LogP contribution is 2.01. The van der Waals surface area contributed by atoms with E-state index in [4.69, 9.17) is 9.84 Å². The fourth-order valence-corrected chi connectivity index (χ4v) is 1.26. The monoisotopic (exact) mass is 246 g/mol. The number of aliphatic carboxylic acids is 1. The molecule has 0 aromatic heterocycles. The van der Waals surface area contributed by atoms with Gasteiger partial charge >= 0.3 is 12.0 Å². The van der Waals surface area contributed by atoms with Crippen molar-refractivity contribution in [3.8, 4) is 0 Å². The van der Waals surface area contributed by atoms with Gasteiger partial charge in [-0.3, -0.25) is 0 Å². The molecule has 17 heavy (non-hydrogen) atoms. The Morgan fingerprint density at radius 1 is 1.24 bits per heavy atom. The number of carbonyl (C=O) groups excluding carboxylic acids is 1. The number of rotatable bonds is 7. The van der Waals surface area contributed by atoms with Crippen LogP contribution in [0.2, 0.25) is 0 Å². The smallest absolute Gasteiger partial charge is 0.326 e. The molecule has 0 aromatic rings. The van der Waals surface area contributed by atoms with E-state index in [0.29, 0.717) is 13.2 Å². The van der Waals surface area contributed by atoms with E-state index in [1.165, 1.54) is 0 Å². The molecule has 1 unspecified atom stereocenters. The van der Waals surface area contributed by atoms with E-state index in [9.17, 15) is 9.59 Å². The van der Waals surface area contributed by atoms with Gasteiger partial charge in [0.05, 0.1) is 12.6 Å². The maximum absolute atomic E-state index is 11.5. The molecule has 6 nitrogen and oxygen atoms in total. The van der Waals surface area contributed by atoms with E-state index in [2.05, 4.69) is 10.6 Å². The first-order valence-electron chi connectivity index (χ1n) is 5.76. The lowest BCUT2D eigenvalue weighted by molar-refractivity contribution is -0.140. The molecule has 0 radical (unpaired) electrons. The van der Waals surface area contributed by atoms with Crippen molar-refractivity contribution in [2.45, 2.75) is 39.8 Å². The Hall–Kier alpha value is -1.30. The minimum atomic E-state index is -1.03. The van der Waals surface area contributed by atoms with Crippen LogP contribution >= 0.6 is 0 Å². The zero-order valence-electron chi connectivity index (χ0n) is 10.8. The first-order valence-corrected chi connectivity index (χ1v) is 5.76. The summed E-state index contributed by atoms with van der Waals surface area (Å²) in [5.74, 6) is -1.20. The number of carboxylic acids is 1. The fourth-order valence-electron chi connectivity index (χ4n) is 1.26. The highest BCUT2D eigenvalue weighted by Gasteiger charge is 2.23. The Labute approximate surface area is 102 Å². The molecule has 100 valence electrons. The van der Waals surface area contributed by atoms with Crippen molar-refractivity contribution in [2.75, 3.05) is 13.2 Å². The van der Waals surface area contributed by atoms with Gasteiger partial charge in [0.25, 0.3) is 0 Å². The van der Waals surface area contributed by atoms with Gasteiger partial charge in [0.2, 0.25) is 0 Å². The molecule has 0 rings (SSSR count). The summed E-state index contributed by atoms with van der Waals surface area (Å²) in [7, 11) is 0. The van der Waals surface area contributed by atoms with Gasteiger partial charge in [-0.25, -0.2) is 9.59 Å². The lowest BCUT2D eigenvalue weighted by Crippen LogP contribution is -2.51. The van der Waals surface area contributed by atoms with Crippen LogP contribution in [0, 0.1) is 5.92 Å². The Bertz CT molecular complexity index is 256. The third-order valence-corrected chi connectivity index (χ3v) is 2.17. The average molecular weight is 246 g/mol. The van der Waals surface area contributed by atoms with Crippen LogP contribution in [0.4, 0.5) is 4.79 Å². The second-order valence-electron chi connectivity index (χ2n) is 4.24. The predicted molar refractivity (Wildman–Crippen MR) is 63.9 cm³/mol. The topological polar surface area (TPSA) is 87.7 Å². The van der Waals surface area contributed by atoms with Crippen LogP contribution in [0.15, 0.2) is 0 Å². The van der Waals surface area contributed by atoms with Gasteiger partial charge in [0.15, 0.2) is 0 Å². The van der Waals surface area contributed by atoms with Gasteiger partial charge in [0.1, 0.15) is 6.04 Å². The summed E-state index contributed by atoms with van der Waals surface area (Å²) in [4.78, 5) is 22.4. The quantitative estimate of drug-likeness (QED) is 0.620. The minimum Gasteiger partial charge on any atom is -0.480 e. The highest BCUT2D eigenvalue weighted by molar-refractivity contribution is 5.82. The number of ether oxygens (including phenoxy) is 1. The van der Waals surface area contributed by atoms with E-state index in [-0.39, 0.29) is 12.0 Å². The third-order valence-electron chi connectivity index (χ3n) is 2.17. The average Bonchev–Trinajstić information content (AvgIpc) is 2.22. The van der Waals surface area contributed by atoms with Gasteiger partial charge in [-0.15, -0.1) is 0 Å². The van der Waals surface area contributed by atoms with Crippen LogP contribution in [-0.4, -0.2) is 42.4 Å². The molecular weight excluding hydrogens is 224 g/mol. The van der Waals surface area contributed by atoms with Crippen LogP contribution in [0.25, 0.3) is 0 Å². The highest BCUT2D eigenvalue weighted by atomic mass is 16.5. The van der Waals surface area contributed by atoms with Crippen molar-refractivity contribution < 1.29 is 19.4 Å². The van der Waals surface area contributed by atoms with Crippen LogP contribution in [-0.2, 0) is 9.53 Å². The molecule has 6 heteroatoms. The van der Waals surface area contributed by atoms with Crippen molar-refractivity contribution in [2.24, 2.45) is 5.92 Å². The lowest BCUT2D eigenvalue weighted by Gasteiger charge is -2.20.